The number of anilines is 1. The van der Waals surface area contributed by atoms with Gasteiger partial charge in [0, 0.05) is 18.5 Å². The molecule has 29 heavy (non-hydrogen) atoms. The van der Waals surface area contributed by atoms with Gasteiger partial charge >= 0.3 is 18.3 Å². The van der Waals surface area contributed by atoms with E-state index < -0.39 is 35.3 Å². The van der Waals surface area contributed by atoms with Crippen LogP contribution in [-0.2, 0) is 15.8 Å². The van der Waals surface area contributed by atoms with Gasteiger partial charge in [-0.15, -0.1) is 0 Å². The molecule has 0 bridgehead atoms. The van der Waals surface area contributed by atoms with E-state index in [9.17, 15) is 31.1 Å². The summed E-state index contributed by atoms with van der Waals surface area (Å²) in [7, 11) is 0. The van der Waals surface area contributed by atoms with Crippen LogP contribution in [0.25, 0.3) is 10.9 Å². The van der Waals surface area contributed by atoms with E-state index in [0.717, 1.165) is 0 Å². The number of rotatable bonds is 2. The summed E-state index contributed by atoms with van der Waals surface area (Å²) in [6.07, 6.45) is -9.72. The summed E-state index contributed by atoms with van der Waals surface area (Å²) in [5, 5.41) is 13.0. The lowest BCUT2D eigenvalue weighted by atomic mass is 9.83. The van der Waals surface area contributed by atoms with Crippen LogP contribution < -0.4 is 10.6 Å². The monoisotopic (exact) mass is 423 g/mol. The number of alkyl halides is 6. The first-order chi connectivity index (χ1) is 13.2. The Morgan fingerprint density at radius 1 is 1.14 bits per heavy atom. The molecular formula is C17H15F6N3O3. The fraction of sp³-hybridized carbons (Fsp3) is 0.353. The predicted octanol–water partition coefficient (Wildman–Crippen LogP) is 3.43. The molecule has 0 unspecified atom stereocenters. The average Bonchev–Trinajstić information content (AvgIpc) is 2.57. The van der Waals surface area contributed by atoms with Gasteiger partial charge in [0.15, 0.2) is 5.69 Å². The lowest BCUT2D eigenvalue weighted by Crippen LogP contribution is -2.58. The second-order valence-electron chi connectivity index (χ2n) is 6.50. The van der Waals surface area contributed by atoms with Gasteiger partial charge in [0.05, 0.1) is 16.6 Å². The summed E-state index contributed by atoms with van der Waals surface area (Å²) in [5.74, 6) is -3.19. The number of aliphatic carboxylic acids is 1. The summed E-state index contributed by atoms with van der Waals surface area (Å²) >= 11 is 0. The van der Waals surface area contributed by atoms with Crippen LogP contribution in [0, 0.1) is 5.41 Å². The van der Waals surface area contributed by atoms with E-state index in [2.05, 4.69) is 15.6 Å². The van der Waals surface area contributed by atoms with Crippen molar-refractivity contribution in [2.45, 2.75) is 19.3 Å². The van der Waals surface area contributed by atoms with E-state index >= 15 is 0 Å². The normalized spacial score (nSPS) is 15.7. The van der Waals surface area contributed by atoms with Crippen molar-refractivity contribution in [2.24, 2.45) is 5.41 Å². The largest absolute Gasteiger partial charge is 0.490 e. The first-order valence-corrected chi connectivity index (χ1v) is 8.03. The Hall–Kier alpha value is -2.89. The summed E-state index contributed by atoms with van der Waals surface area (Å²) in [6, 6.07) is 7.81. The third-order valence-corrected chi connectivity index (χ3v) is 4.06. The molecule has 12 heteroatoms. The second-order valence-corrected chi connectivity index (χ2v) is 6.50. The van der Waals surface area contributed by atoms with Crippen molar-refractivity contribution >= 4 is 28.5 Å². The van der Waals surface area contributed by atoms with Crippen LogP contribution in [0.2, 0.25) is 0 Å². The van der Waals surface area contributed by atoms with Crippen LogP contribution in [0.15, 0.2) is 30.3 Å². The highest BCUT2D eigenvalue weighted by Crippen LogP contribution is 2.36. The van der Waals surface area contributed by atoms with Gasteiger partial charge in [0.2, 0.25) is 5.91 Å². The zero-order valence-corrected chi connectivity index (χ0v) is 14.8. The van der Waals surface area contributed by atoms with Gasteiger partial charge in [-0.1, -0.05) is 18.2 Å². The Morgan fingerprint density at radius 2 is 1.69 bits per heavy atom. The highest BCUT2D eigenvalue weighted by atomic mass is 19.4. The number of nitrogens with one attached hydrogen (secondary N) is 2. The SMILES string of the molecule is CC1(C(=O)Nc2cc3ccccc3nc2C(F)(F)F)CNC1.O=C(O)C(F)(F)F. The number of carbonyl (C=O) groups is 2. The number of carboxylic acids is 1. The van der Waals surface area contributed by atoms with Crippen molar-refractivity contribution in [1.82, 2.24) is 10.3 Å². The van der Waals surface area contributed by atoms with E-state index in [1.165, 1.54) is 12.1 Å². The average molecular weight is 423 g/mol. The fourth-order valence-electron chi connectivity index (χ4n) is 2.36. The lowest BCUT2D eigenvalue weighted by Gasteiger charge is -2.37. The molecule has 0 spiro atoms. The van der Waals surface area contributed by atoms with Gasteiger partial charge in [-0.3, -0.25) is 4.79 Å². The number of para-hydroxylation sites is 1. The third kappa shape index (κ3) is 5.34. The summed E-state index contributed by atoms with van der Waals surface area (Å²) < 4.78 is 71.3. The van der Waals surface area contributed by atoms with Gasteiger partial charge < -0.3 is 15.7 Å². The Balaban J connectivity index is 0.000000370. The molecule has 1 aromatic carbocycles. The Labute approximate surface area is 159 Å². The highest BCUT2D eigenvalue weighted by molar-refractivity contribution is 5.98. The molecule has 0 atom stereocenters. The maximum atomic E-state index is 13.2. The number of hydrogen-bond acceptors (Lipinski definition) is 4. The number of aromatic nitrogens is 1. The molecule has 1 aromatic heterocycles. The molecule has 0 aliphatic carbocycles. The molecule has 1 fully saturated rings. The number of carboxylic acid groups (broad SMARTS) is 1. The van der Waals surface area contributed by atoms with Crippen molar-refractivity contribution in [2.75, 3.05) is 18.4 Å². The van der Waals surface area contributed by atoms with Crippen LogP contribution in [0.5, 0.6) is 0 Å². The van der Waals surface area contributed by atoms with Gasteiger partial charge in [-0.25, -0.2) is 9.78 Å². The first-order valence-electron chi connectivity index (χ1n) is 8.03. The number of benzene rings is 1. The molecule has 1 aliphatic rings. The van der Waals surface area contributed by atoms with Crippen LogP contribution in [-0.4, -0.2) is 41.2 Å². The molecule has 1 aliphatic heterocycles. The number of halogens is 6. The zero-order chi connectivity index (χ0) is 22.0. The minimum absolute atomic E-state index is 0.240. The molecule has 1 amide bonds. The van der Waals surface area contributed by atoms with Gasteiger partial charge in [0.25, 0.3) is 0 Å². The van der Waals surface area contributed by atoms with Gasteiger partial charge in [0.1, 0.15) is 0 Å². The van der Waals surface area contributed by atoms with Gasteiger partial charge in [-0.2, -0.15) is 26.3 Å². The van der Waals surface area contributed by atoms with Crippen LogP contribution >= 0.6 is 0 Å². The number of fused-ring (bicyclic) bond motifs is 1. The molecule has 3 N–H and O–H groups in total. The Kier molecular flexibility index (Phi) is 6.07. The molecule has 1 saturated heterocycles. The Morgan fingerprint density at radius 3 is 2.14 bits per heavy atom. The number of amides is 1. The number of nitrogens with zero attached hydrogens (tertiary/aromatic N) is 1. The fourth-order valence-corrected chi connectivity index (χ4v) is 2.36. The maximum absolute atomic E-state index is 13.2. The molecule has 3 rings (SSSR count). The minimum atomic E-state index is -5.08. The molecular weight excluding hydrogens is 408 g/mol. The second kappa shape index (κ2) is 7.85. The van der Waals surface area contributed by atoms with Crippen molar-refractivity contribution in [3.05, 3.63) is 36.0 Å². The standard InChI is InChI=1S/C15H14F3N3O.C2HF3O2/c1-14(7-19-8-14)13(22)21-11-6-9-4-2-3-5-10(9)20-12(11)15(16,17)18;3-2(4,5)1(6)7/h2-6,19H,7-8H2,1H3,(H,21,22);(H,6,7). The van der Waals surface area contributed by atoms with Crippen molar-refractivity contribution in [3.8, 4) is 0 Å². The van der Waals surface area contributed by atoms with E-state index in [0.29, 0.717) is 18.5 Å². The van der Waals surface area contributed by atoms with Crippen LogP contribution in [0.3, 0.4) is 0 Å². The quantitative estimate of drug-likeness (QED) is 0.644. The molecule has 158 valence electrons. The number of carbonyl (C=O) groups excluding carboxylic acids is 1. The van der Waals surface area contributed by atoms with E-state index in [1.54, 1.807) is 25.1 Å². The first kappa shape index (κ1) is 22.4. The molecule has 2 heterocycles. The predicted molar refractivity (Wildman–Crippen MR) is 90.0 cm³/mol. The topological polar surface area (TPSA) is 91.3 Å². The summed E-state index contributed by atoms with van der Waals surface area (Å²) in [4.78, 5) is 24.8. The lowest BCUT2D eigenvalue weighted by molar-refractivity contribution is -0.192. The molecule has 0 radical (unpaired) electrons. The third-order valence-electron chi connectivity index (χ3n) is 4.06. The van der Waals surface area contributed by atoms with E-state index in [1.807, 2.05) is 0 Å². The number of pyridine rings is 1. The number of hydrogen-bond donors (Lipinski definition) is 3. The molecule has 2 aromatic rings. The van der Waals surface area contributed by atoms with Crippen molar-refractivity contribution in [1.29, 1.82) is 0 Å². The minimum Gasteiger partial charge on any atom is -0.475 e. The Bertz CT molecular complexity index is 923. The van der Waals surface area contributed by atoms with Crippen LogP contribution in [0.1, 0.15) is 12.6 Å². The summed E-state index contributed by atoms with van der Waals surface area (Å²) in [6.45, 7) is 2.60. The van der Waals surface area contributed by atoms with E-state index in [-0.39, 0.29) is 11.2 Å². The maximum Gasteiger partial charge on any atom is 0.490 e. The van der Waals surface area contributed by atoms with E-state index in [4.69, 9.17) is 9.90 Å². The summed E-state index contributed by atoms with van der Waals surface area (Å²) in [5.41, 5.74) is -1.82. The highest BCUT2D eigenvalue weighted by Gasteiger charge is 2.42. The van der Waals surface area contributed by atoms with Crippen molar-refractivity contribution < 1.29 is 41.0 Å². The smallest absolute Gasteiger partial charge is 0.475 e. The molecule has 0 saturated carbocycles. The van der Waals surface area contributed by atoms with Gasteiger partial charge in [-0.05, 0) is 19.1 Å². The molecule has 6 nitrogen and oxygen atoms in total. The van der Waals surface area contributed by atoms with Crippen molar-refractivity contribution in [3.63, 3.8) is 0 Å². The van der Waals surface area contributed by atoms with Crippen LogP contribution in [0.4, 0.5) is 32.0 Å². The zero-order valence-electron chi connectivity index (χ0n) is 14.8.